The van der Waals surface area contributed by atoms with Crippen LogP contribution in [0.1, 0.15) is 43.2 Å². The van der Waals surface area contributed by atoms with E-state index < -0.39 is 29.2 Å². The fourth-order valence-corrected chi connectivity index (χ4v) is 4.34. The molecule has 2 N–H and O–H groups in total. The summed E-state index contributed by atoms with van der Waals surface area (Å²) in [6, 6.07) is 2.12. The molecule has 1 saturated carbocycles. The Hall–Kier alpha value is -2.72. The van der Waals surface area contributed by atoms with Crippen LogP contribution < -0.4 is 15.5 Å². The summed E-state index contributed by atoms with van der Waals surface area (Å²) in [5.41, 5.74) is 2.73. The number of ether oxygens (including phenoxy) is 2. The van der Waals surface area contributed by atoms with Crippen LogP contribution in [0.4, 0.5) is 9.18 Å². The molecular formula is C20H25FN4O5. The number of amides is 4. The Morgan fingerprint density at radius 2 is 2.07 bits per heavy atom. The third kappa shape index (κ3) is 3.97. The summed E-state index contributed by atoms with van der Waals surface area (Å²) < 4.78 is 24.6. The van der Waals surface area contributed by atoms with E-state index in [1.807, 2.05) is 0 Å². The Morgan fingerprint density at radius 3 is 2.83 bits per heavy atom. The fraction of sp³-hybridized carbons (Fsp3) is 0.550. The first-order valence-corrected chi connectivity index (χ1v) is 10.0. The van der Waals surface area contributed by atoms with Crippen LogP contribution in [0, 0.1) is 5.82 Å². The van der Waals surface area contributed by atoms with Crippen molar-refractivity contribution in [2.24, 2.45) is 0 Å². The van der Waals surface area contributed by atoms with Gasteiger partial charge in [0.15, 0.2) is 6.79 Å². The van der Waals surface area contributed by atoms with E-state index in [1.54, 1.807) is 11.9 Å². The number of hydrogen-bond acceptors (Lipinski definition) is 6. The molecule has 0 unspecified atom stereocenters. The summed E-state index contributed by atoms with van der Waals surface area (Å²) in [5, 5.41) is 3.53. The van der Waals surface area contributed by atoms with Crippen molar-refractivity contribution in [2.75, 3.05) is 20.4 Å². The van der Waals surface area contributed by atoms with E-state index in [-0.39, 0.29) is 26.5 Å². The topological polar surface area (TPSA) is 100 Å². The predicted molar refractivity (Wildman–Crippen MR) is 102 cm³/mol. The SMILES string of the molecule is CN(CC(=O)NN1C(=O)NC2(CCCCC2)C1=O)Cc1cc(F)cc2c1OCOC2. The van der Waals surface area contributed by atoms with Crippen LogP contribution in [0.2, 0.25) is 0 Å². The number of rotatable bonds is 5. The van der Waals surface area contributed by atoms with Crippen molar-refractivity contribution < 1.29 is 28.2 Å². The molecule has 2 aliphatic heterocycles. The molecule has 1 saturated heterocycles. The predicted octanol–water partition coefficient (Wildman–Crippen LogP) is 1.41. The number of fused-ring (bicyclic) bond motifs is 1. The highest BCUT2D eigenvalue weighted by Gasteiger charge is 2.52. The maximum atomic E-state index is 13.9. The maximum Gasteiger partial charge on any atom is 0.344 e. The molecule has 0 radical (unpaired) electrons. The zero-order chi connectivity index (χ0) is 21.3. The molecule has 10 heteroatoms. The number of urea groups is 1. The van der Waals surface area contributed by atoms with Gasteiger partial charge in [-0.25, -0.2) is 9.18 Å². The molecule has 4 rings (SSSR count). The summed E-state index contributed by atoms with van der Waals surface area (Å²) in [4.78, 5) is 39.1. The molecule has 4 amide bonds. The van der Waals surface area contributed by atoms with Crippen molar-refractivity contribution in [1.29, 1.82) is 0 Å². The molecule has 0 atom stereocenters. The fourth-order valence-electron chi connectivity index (χ4n) is 4.34. The number of hydrogen-bond donors (Lipinski definition) is 2. The molecule has 1 aromatic carbocycles. The first-order chi connectivity index (χ1) is 14.4. The summed E-state index contributed by atoms with van der Waals surface area (Å²) in [7, 11) is 1.69. The minimum Gasteiger partial charge on any atom is -0.467 e. The van der Waals surface area contributed by atoms with Gasteiger partial charge >= 0.3 is 6.03 Å². The summed E-state index contributed by atoms with van der Waals surface area (Å²) in [6.07, 6.45) is 3.92. The minimum atomic E-state index is -0.894. The standard InChI is InChI=1S/C20H25FN4O5/c1-24(9-13-7-15(21)8-14-11-29-12-30-17(13)14)10-16(26)23-25-18(27)20(22-19(25)28)5-3-2-4-6-20/h7-8H,2-6,9-12H2,1H3,(H,22,28)(H,23,26). The molecule has 1 aliphatic carbocycles. The molecule has 9 nitrogen and oxygen atoms in total. The van der Waals surface area contributed by atoms with Crippen molar-refractivity contribution in [3.05, 3.63) is 29.1 Å². The van der Waals surface area contributed by atoms with Crippen LogP contribution in [0.15, 0.2) is 12.1 Å². The summed E-state index contributed by atoms with van der Waals surface area (Å²) >= 11 is 0. The molecule has 0 aromatic heterocycles. The Balaban J connectivity index is 1.37. The molecule has 162 valence electrons. The monoisotopic (exact) mass is 420 g/mol. The third-order valence-electron chi connectivity index (χ3n) is 5.71. The van der Waals surface area contributed by atoms with Crippen LogP contribution in [0.25, 0.3) is 0 Å². The number of imide groups is 1. The lowest BCUT2D eigenvalue weighted by molar-refractivity contribution is -0.140. The number of hydrazine groups is 1. The Morgan fingerprint density at radius 1 is 1.30 bits per heavy atom. The van der Waals surface area contributed by atoms with Gasteiger partial charge in [0.2, 0.25) is 0 Å². The highest BCUT2D eigenvalue weighted by atomic mass is 19.1. The number of likely N-dealkylation sites (N-methyl/N-ethyl adjacent to an activating group) is 1. The number of benzene rings is 1. The van der Waals surface area contributed by atoms with Gasteiger partial charge < -0.3 is 14.8 Å². The van der Waals surface area contributed by atoms with E-state index in [2.05, 4.69) is 10.7 Å². The molecule has 2 fully saturated rings. The van der Waals surface area contributed by atoms with Crippen molar-refractivity contribution in [1.82, 2.24) is 20.7 Å². The number of nitrogens with zero attached hydrogens (tertiary/aromatic N) is 2. The minimum absolute atomic E-state index is 0.0871. The van der Waals surface area contributed by atoms with Crippen LogP contribution >= 0.6 is 0 Å². The molecule has 0 bridgehead atoms. The average Bonchev–Trinajstić information content (AvgIpc) is 2.92. The smallest absolute Gasteiger partial charge is 0.344 e. The molecule has 2 heterocycles. The van der Waals surface area contributed by atoms with Crippen molar-refractivity contribution in [3.8, 4) is 5.75 Å². The van der Waals surface area contributed by atoms with Gasteiger partial charge in [-0.05, 0) is 32.0 Å². The first kappa shape index (κ1) is 20.5. The van der Waals surface area contributed by atoms with Gasteiger partial charge in [0, 0.05) is 17.7 Å². The van der Waals surface area contributed by atoms with Gasteiger partial charge in [0.1, 0.15) is 17.1 Å². The molecular weight excluding hydrogens is 395 g/mol. The normalized spacial score (nSPS) is 20.2. The van der Waals surface area contributed by atoms with Crippen LogP contribution in [0.3, 0.4) is 0 Å². The maximum absolute atomic E-state index is 13.9. The van der Waals surface area contributed by atoms with Crippen LogP contribution in [0.5, 0.6) is 5.75 Å². The summed E-state index contributed by atoms with van der Waals surface area (Å²) in [5.74, 6) is -0.768. The van der Waals surface area contributed by atoms with Crippen LogP contribution in [-0.4, -0.2) is 53.7 Å². The first-order valence-electron chi connectivity index (χ1n) is 10.0. The summed E-state index contributed by atoms with van der Waals surface area (Å²) in [6.45, 7) is 0.505. The quantitative estimate of drug-likeness (QED) is 0.699. The van der Waals surface area contributed by atoms with E-state index in [9.17, 15) is 18.8 Å². The Labute approximate surface area is 173 Å². The van der Waals surface area contributed by atoms with E-state index in [4.69, 9.17) is 9.47 Å². The molecule has 30 heavy (non-hydrogen) atoms. The van der Waals surface area contributed by atoms with Gasteiger partial charge in [-0.2, -0.15) is 5.01 Å². The Kier molecular flexibility index (Phi) is 5.61. The lowest BCUT2D eigenvalue weighted by Gasteiger charge is -2.30. The second kappa shape index (κ2) is 8.19. The van der Waals surface area contributed by atoms with Crippen molar-refractivity contribution in [3.63, 3.8) is 0 Å². The third-order valence-corrected chi connectivity index (χ3v) is 5.71. The zero-order valence-electron chi connectivity index (χ0n) is 16.8. The largest absolute Gasteiger partial charge is 0.467 e. The molecule has 1 spiro atoms. The number of carbonyl (C=O) groups excluding carboxylic acids is 3. The van der Waals surface area contributed by atoms with E-state index >= 15 is 0 Å². The molecule has 3 aliphatic rings. The number of nitrogens with one attached hydrogen (secondary N) is 2. The van der Waals surface area contributed by atoms with Gasteiger partial charge in [-0.1, -0.05) is 19.3 Å². The highest BCUT2D eigenvalue weighted by molar-refractivity contribution is 6.08. The van der Waals surface area contributed by atoms with E-state index in [0.29, 0.717) is 29.7 Å². The highest BCUT2D eigenvalue weighted by Crippen LogP contribution is 2.33. The Bertz CT molecular complexity index is 871. The lowest BCUT2D eigenvalue weighted by atomic mass is 9.82. The second-order valence-corrected chi connectivity index (χ2v) is 8.08. The van der Waals surface area contributed by atoms with E-state index in [1.165, 1.54) is 12.1 Å². The van der Waals surface area contributed by atoms with Gasteiger partial charge in [-0.15, -0.1) is 0 Å². The zero-order valence-corrected chi connectivity index (χ0v) is 16.8. The van der Waals surface area contributed by atoms with Gasteiger partial charge in [0.25, 0.3) is 11.8 Å². The van der Waals surface area contributed by atoms with Gasteiger partial charge in [-0.3, -0.25) is 19.9 Å². The molecule has 1 aromatic rings. The van der Waals surface area contributed by atoms with Gasteiger partial charge in [0.05, 0.1) is 13.2 Å². The lowest BCUT2D eigenvalue weighted by Crippen LogP contribution is -2.52. The average molecular weight is 420 g/mol. The number of halogens is 1. The van der Waals surface area contributed by atoms with Crippen LogP contribution in [-0.2, 0) is 27.5 Å². The second-order valence-electron chi connectivity index (χ2n) is 8.08. The van der Waals surface area contributed by atoms with Crippen molar-refractivity contribution in [2.45, 2.75) is 50.8 Å². The number of carbonyl (C=O) groups is 3. The van der Waals surface area contributed by atoms with E-state index in [0.717, 1.165) is 24.3 Å². The van der Waals surface area contributed by atoms with Crippen molar-refractivity contribution >= 4 is 17.8 Å².